The highest BCUT2D eigenvalue weighted by atomic mass is 32.2. The average Bonchev–Trinajstić information content (AvgIpc) is 2.37. The first-order valence-electron chi connectivity index (χ1n) is 6.51. The van der Waals surface area contributed by atoms with Crippen molar-refractivity contribution in [1.82, 2.24) is 9.13 Å². The van der Waals surface area contributed by atoms with Crippen LogP contribution in [0.15, 0.2) is 21.9 Å². The van der Waals surface area contributed by atoms with E-state index in [9.17, 15) is 18.0 Å². The molecule has 114 valence electrons. The molecule has 1 heterocycles. The number of nitrogens with two attached hydrogens (primary N) is 1. The van der Waals surface area contributed by atoms with Gasteiger partial charge in [-0.15, -0.1) is 0 Å². The topological polar surface area (TPSA) is 104 Å². The normalized spacial score (nSPS) is 12.0. The predicted molar refractivity (Wildman–Crippen MR) is 77.6 cm³/mol. The van der Waals surface area contributed by atoms with Gasteiger partial charge in [0.2, 0.25) is 0 Å². The van der Waals surface area contributed by atoms with E-state index in [2.05, 4.69) is 0 Å². The van der Waals surface area contributed by atoms with Crippen molar-refractivity contribution in [3.05, 3.63) is 33.1 Å². The standard InChI is InChI=1S/C12H21N3O4S/c1-10(2)20(18,19)9-8-14-7-4-11(16)15(12(14)17)6-3-5-13/h4,7,10H,3,5-6,8-9,13H2,1-2H3. The molecule has 8 heteroatoms. The van der Waals surface area contributed by atoms with Gasteiger partial charge < -0.3 is 5.73 Å². The fourth-order valence-corrected chi connectivity index (χ4v) is 2.57. The van der Waals surface area contributed by atoms with E-state index in [1.165, 1.54) is 16.8 Å². The summed E-state index contributed by atoms with van der Waals surface area (Å²) in [6.45, 7) is 3.86. The molecule has 0 saturated carbocycles. The fraction of sp³-hybridized carbons (Fsp3) is 0.667. The van der Waals surface area contributed by atoms with Gasteiger partial charge in [-0.25, -0.2) is 13.2 Å². The van der Waals surface area contributed by atoms with E-state index in [1.807, 2.05) is 0 Å². The lowest BCUT2D eigenvalue weighted by atomic mass is 10.4. The molecule has 0 aliphatic rings. The molecule has 1 aromatic rings. The van der Waals surface area contributed by atoms with Crippen LogP contribution in [0.5, 0.6) is 0 Å². The highest BCUT2D eigenvalue weighted by Gasteiger charge is 2.16. The third-order valence-electron chi connectivity index (χ3n) is 3.06. The SMILES string of the molecule is CC(C)S(=O)(=O)CCn1ccc(=O)n(CCCN)c1=O. The Balaban J connectivity index is 2.98. The van der Waals surface area contributed by atoms with Crippen molar-refractivity contribution in [2.24, 2.45) is 5.73 Å². The van der Waals surface area contributed by atoms with Gasteiger partial charge in [0.1, 0.15) is 0 Å². The van der Waals surface area contributed by atoms with Crippen molar-refractivity contribution >= 4 is 9.84 Å². The van der Waals surface area contributed by atoms with E-state index in [-0.39, 0.29) is 18.8 Å². The summed E-state index contributed by atoms with van der Waals surface area (Å²) in [7, 11) is -3.22. The molecule has 0 amide bonds. The molecule has 0 aliphatic carbocycles. The van der Waals surface area contributed by atoms with E-state index in [1.54, 1.807) is 13.8 Å². The summed E-state index contributed by atoms with van der Waals surface area (Å²) in [6.07, 6.45) is 1.85. The number of aromatic nitrogens is 2. The van der Waals surface area contributed by atoms with Crippen molar-refractivity contribution in [3.8, 4) is 0 Å². The van der Waals surface area contributed by atoms with Crippen molar-refractivity contribution in [2.45, 2.75) is 38.6 Å². The average molecular weight is 303 g/mol. The van der Waals surface area contributed by atoms with Crippen LogP contribution in [0.25, 0.3) is 0 Å². The molecule has 20 heavy (non-hydrogen) atoms. The van der Waals surface area contributed by atoms with Crippen LogP contribution in [0.3, 0.4) is 0 Å². The van der Waals surface area contributed by atoms with Gasteiger partial charge in [0, 0.05) is 25.4 Å². The lowest BCUT2D eigenvalue weighted by Crippen LogP contribution is -2.40. The summed E-state index contributed by atoms with van der Waals surface area (Å²) >= 11 is 0. The number of nitrogens with zero attached hydrogens (tertiary/aromatic N) is 2. The minimum Gasteiger partial charge on any atom is -0.330 e. The second-order valence-corrected chi connectivity index (χ2v) is 7.52. The Morgan fingerprint density at radius 2 is 1.90 bits per heavy atom. The summed E-state index contributed by atoms with van der Waals surface area (Å²) in [5.41, 5.74) is 4.47. The quantitative estimate of drug-likeness (QED) is 0.709. The van der Waals surface area contributed by atoms with Gasteiger partial charge in [-0.3, -0.25) is 13.9 Å². The predicted octanol–water partition coefficient (Wildman–Crippen LogP) is -0.818. The minimum absolute atomic E-state index is 0.0439. The number of aryl methyl sites for hydroxylation is 1. The molecule has 1 rings (SSSR count). The maximum absolute atomic E-state index is 12.1. The molecule has 0 radical (unpaired) electrons. The molecular weight excluding hydrogens is 282 g/mol. The molecular formula is C12H21N3O4S. The lowest BCUT2D eigenvalue weighted by molar-refractivity contribution is 0.541. The van der Waals surface area contributed by atoms with Crippen molar-refractivity contribution < 1.29 is 8.42 Å². The molecule has 0 spiro atoms. The monoisotopic (exact) mass is 303 g/mol. The Hall–Kier alpha value is -1.41. The van der Waals surface area contributed by atoms with Crippen LogP contribution in [0, 0.1) is 0 Å². The lowest BCUT2D eigenvalue weighted by Gasteiger charge is -2.11. The van der Waals surface area contributed by atoms with Crippen LogP contribution in [0.1, 0.15) is 20.3 Å². The molecule has 2 N–H and O–H groups in total. The zero-order valence-electron chi connectivity index (χ0n) is 11.8. The van der Waals surface area contributed by atoms with Gasteiger partial charge in [0.05, 0.1) is 11.0 Å². The third-order valence-corrected chi connectivity index (χ3v) is 5.25. The zero-order chi connectivity index (χ0) is 15.3. The van der Waals surface area contributed by atoms with E-state index >= 15 is 0 Å². The first-order chi connectivity index (χ1) is 9.29. The van der Waals surface area contributed by atoms with Gasteiger partial charge in [-0.05, 0) is 26.8 Å². The molecule has 0 bridgehead atoms. The Morgan fingerprint density at radius 1 is 1.25 bits per heavy atom. The van der Waals surface area contributed by atoms with Crippen LogP contribution in [-0.4, -0.2) is 35.1 Å². The second kappa shape index (κ2) is 6.85. The largest absolute Gasteiger partial charge is 0.330 e. The maximum Gasteiger partial charge on any atom is 0.330 e. The Kier molecular flexibility index (Phi) is 5.70. The molecule has 0 atom stereocenters. The van der Waals surface area contributed by atoms with E-state index < -0.39 is 26.3 Å². The van der Waals surface area contributed by atoms with Gasteiger partial charge in [-0.2, -0.15) is 0 Å². The Morgan fingerprint density at radius 3 is 2.45 bits per heavy atom. The second-order valence-electron chi connectivity index (χ2n) is 4.84. The molecule has 0 fully saturated rings. The molecule has 0 unspecified atom stereocenters. The van der Waals surface area contributed by atoms with Gasteiger partial charge in [0.25, 0.3) is 5.56 Å². The smallest absolute Gasteiger partial charge is 0.330 e. The molecule has 1 aromatic heterocycles. The molecule has 7 nitrogen and oxygen atoms in total. The summed E-state index contributed by atoms with van der Waals surface area (Å²) in [4.78, 5) is 23.7. The number of sulfone groups is 1. The maximum atomic E-state index is 12.1. The molecule has 0 saturated heterocycles. The first kappa shape index (κ1) is 16.6. The first-order valence-corrected chi connectivity index (χ1v) is 8.23. The summed E-state index contributed by atoms with van der Waals surface area (Å²) in [5.74, 6) is -0.125. The molecule has 0 aliphatic heterocycles. The Labute approximate surface area is 117 Å². The van der Waals surface area contributed by atoms with Crippen LogP contribution in [0.4, 0.5) is 0 Å². The van der Waals surface area contributed by atoms with E-state index in [4.69, 9.17) is 5.73 Å². The van der Waals surface area contributed by atoms with Crippen molar-refractivity contribution in [3.63, 3.8) is 0 Å². The van der Waals surface area contributed by atoms with Crippen molar-refractivity contribution in [1.29, 1.82) is 0 Å². The Bertz CT molecular complexity index is 658. The van der Waals surface area contributed by atoms with Gasteiger partial charge in [0.15, 0.2) is 9.84 Å². The van der Waals surface area contributed by atoms with Crippen molar-refractivity contribution in [2.75, 3.05) is 12.3 Å². The summed E-state index contributed by atoms with van der Waals surface area (Å²) in [6, 6.07) is 1.26. The van der Waals surface area contributed by atoms with Gasteiger partial charge in [-0.1, -0.05) is 0 Å². The number of hydrogen-bond acceptors (Lipinski definition) is 5. The highest BCUT2D eigenvalue weighted by molar-refractivity contribution is 7.91. The van der Waals surface area contributed by atoms with Gasteiger partial charge >= 0.3 is 5.69 Å². The number of rotatable bonds is 7. The highest BCUT2D eigenvalue weighted by Crippen LogP contribution is 2.00. The minimum atomic E-state index is -3.22. The fourth-order valence-electron chi connectivity index (χ4n) is 1.64. The van der Waals surface area contributed by atoms with E-state index in [0.717, 1.165) is 4.57 Å². The molecule has 0 aromatic carbocycles. The summed E-state index contributed by atoms with van der Waals surface area (Å²) < 4.78 is 25.8. The summed E-state index contributed by atoms with van der Waals surface area (Å²) in [5, 5.41) is -0.485. The van der Waals surface area contributed by atoms with Crippen LogP contribution in [-0.2, 0) is 22.9 Å². The third kappa shape index (κ3) is 4.04. The van der Waals surface area contributed by atoms with E-state index in [0.29, 0.717) is 13.0 Å². The van der Waals surface area contributed by atoms with Crippen LogP contribution < -0.4 is 17.0 Å². The van der Waals surface area contributed by atoms with Crippen LogP contribution >= 0.6 is 0 Å². The zero-order valence-corrected chi connectivity index (χ0v) is 12.6. The van der Waals surface area contributed by atoms with Crippen LogP contribution in [0.2, 0.25) is 0 Å². The number of hydrogen-bond donors (Lipinski definition) is 1.